The second-order valence-electron chi connectivity index (χ2n) is 4.80. The maximum atomic E-state index is 13.1. The van der Waals surface area contributed by atoms with Crippen LogP contribution >= 0.6 is 15.9 Å². The van der Waals surface area contributed by atoms with E-state index in [4.69, 9.17) is 0 Å². The molecule has 108 valence electrons. The van der Waals surface area contributed by atoms with E-state index in [1.165, 1.54) is 18.2 Å². The summed E-state index contributed by atoms with van der Waals surface area (Å²) in [5.41, 5.74) is -0.809. The van der Waals surface area contributed by atoms with Crippen LogP contribution < -0.4 is 10.6 Å². The molecule has 1 aliphatic rings. The molecule has 1 aromatic carbocycles. The predicted octanol–water partition coefficient (Wildman–Crippen LogP) is 3.11. The number of halogens is 2. The highest BCUT2D eigenvalue weighted by molar-refractivity contribution is 9.10. The molecule has 5 nitrogen and oxygen atoms in total. The molecule has 0 saturated heterocycles. The summed E-state index contributed by atoms with van der Waals surface area (Å²) in [5, 5.41) is 14.3. The molecule has 0 spiro atoms. The molecule has 1 aromatic rings. The van der Waals surface area contributed by atoms with Crippen molar-refractivity contribution in [1.29, 1.82) is 0 Å². The number of carboxylic acid groups (broad SMARTS) is 1. The fourth-order valence-electron chi connectivity index (χ4n) is 2.32. The monoisotopic (exact) mass is 344 g/mol. The highest BCUT2D eigenvalue weighted by Crippen LogP contribution is 2.30. The van der Waals surface area contributed by atoms with E-state index in [0.29, 0.717) is 18.5 Å². The van der Waals surface area contributed by atoms with Crippen molar-refractivity contribution >= 4 is 33.6 Å². The average Bonchev–Trinajstić information content (AvgIpc) is 2.83. The smallest absolute Gasteiger partial charge is 0.329 e. The molecular formula is C13H14BrFN2O3. The number of carbonyl (C=O) groups is 2. The van der Waals surface area contributed by atoms with E-state index in [2.05, 4.69) is 26.6 Å². The first kappa shape index (κ1) is 14.8. The largest absolute Gasteiger partial charge is 0.480 e. The molecule has 3 N–H and O–H groups in total. The zero-order chi connectivity index (χ0) is 14.8. The van der Waals surface area contributed by atoms with E-state index >= 15 is 0 Å². The minimum Gasteiger partial charge on any atom is -0.480 e. The zero-order valence-electron chi connectivity index (χ0n) is 10.6. The van der Waals surface area contributed by atoms with Crippen LogP contribution in [0.2, 0.25) is 0 Å². The van der Waals surface area contributed by atoms with Gasteiger partial charge < -0.3 is 15.7 Å². The van der Waals surface area contributed by atoms with E-state index in [1.54, 1.807) is 0 Å². The summed E-state index contributed by atoms with van der Waals surface area (Å²) in [4.78, 5) is 23.2. The Balaban J connectivity index is 2.04. The van der Waals surface area contributed by atoms with E-state index < -0.39 is 23.4 Å². The Labute approximate surface area is 123 Å². The Hall–Kier alpha value is -1.63. The number of benzene rings is 1. The molecule has 1 fully saturated rings. The van der Waals surface area contributed by atoms with Gasteiger partial charge in [0, 0.05) is 5.69 Å². The third kappa shape index (κ3) is 3.09. The first-order valence-electron chi connectivity index (χ1n) is 6.20. The molecule has 2 amide bonds. The van der Waals surface area contributed by atoms with Crippen molar-refractivity contribution in [3.8, 4) is 0 Å². The summed E-state index contributed by atoms with van der Waals surface area (Å²) >= 11 is 3.02. The van der Waals surface area contributed by atoms with Crippen LogP contribution in [0.25, 0.3) is 0 Å². The minimum atomic E-state index is -1.19. The van der Waals surface area contributed by atoms with Crippen LogP contribution in [0.15, 0.2) is 22.7 Å². The Bertz CT molecular complexity index is 544. The highest BCUT2D eigenvalue weighted by Gasteiger charge is 2.42. The molecule has 0 unspecified atom stereocenters. The molecule has 0 radical (unpaired) electrons. The molecule has 2 rings (SSSR count). The van der Waals surface area contributed by atoms with Gasteiger partial charge in [0.15, 0.2) is 0 Å². The third-order valence-corrected chi connectivity index (χ3v) is 4.00. The fraction of sp³-hybridized carbons (Fsp3) is 0.385. The number of hydrogen-bond donors (Lipinski definition) is 3. The van der Waals surface area contributed by atoms with Gasteiger partial charge >= 0.3 is 12.0 Å². The van der Waals surface area contributed by atoms with Gasteiger partial charge in [-0.25, -0.2) is 14.0 Å². The number of hydrogen-bond acceptors (Lipinski definition) is 2. The summed E-state index contributed by atoms with van der Waals surface area (Å²) in [7, 11) is 0. The van der Waals surface area contributed by atoms with Crippen LogP contribution in [0.1, 0.15) is 25.7 Å². The van der Waals surface area contributed by atoms with Gasteiger partial charge in [-0.3, -0.25) is 0 Å². The van der Waals surface area contributed by atoms with Crippen molar-refractivity contribution in [2.45, 2.75) is 31.2 Å². The van der Waals surface area contributed by atoms with E-state index in [1.807, 2.05) is 0 Å². The number of aliphatic carboxylic acids is 1. The van der Waals surface area contributed by atoms with Crippen molar-refractivity contribution < 1.29 is 19.1 Å². The summed E-state index contributed by atoms with van der Waals surface area (Å²) < 4.78 is 13.3. The standard InChI is InChI=1S/C13H14BrFN2O3/c14-9-7-8(3-4-10(9)15)16-12(20)17-13(11(18)19)5-1-2-6-13/h3-4,7H,1-2,5-6H2,(H,18,19)(H2,16,17,20). The lowest BCUT2D eigenvalue weighted by atomic mass is 9.98. The fourth-order valence-corrected chi connectivity index (χ4v) is 2.70. The van der Waals surface area contributed by atoms with E-state index in [-0.39, 0.29) is 4.47 Å². The summed E-state index contributed by atoms with van der Waals surface area (Å²) in [6, 6.07) is 3.42. The predicted molar refractivity (Wildman–Crippen MR) is 75.1 cm³/mol. The van der Waals surface area contributed by atoms with Gasteiger partial charge in [-0.1, -0.05) is 12.8 Å². The molecular weight excluding hydrogens is 331 g/mol. The Morgan fingerprint density at radius 1 is 1.30 bits per heavy atom. The maximum Gasteiger partial charge on any atom is 0.329 e. The van der Waals surface area contributed by atoms with Crippen molar-refractivity contribution in [2.24, 2.45) is 0 Å². The lowest BCUT2D eigenvalue weighted by Crippen LogP contribution is -2.53. The van der Waals surface area contributed by atoms with Gasteiger partial charge in [0.25, 0.3) is 0 Å². The number of amides is 2. The minimum absolute atomic E-state index is 0.226. The third-order valence-electron chi connectivity index (χ3n) is 3.40. The normalized spacial score (nSPS) is 16.7. The van der Waals surface area contributed by atoms with E-state index in [9.17, 15) is 19.1 Å². The van der Waals surface area contributed by atoms with Gasteiger partial charge in [-0.2, -0.15) is 0 Å². The maximum absolute atomic E-state index is 13.1. The van der Waals surface area contributed by atoms with Crippen molar-refractivity contribution in [3.05, 3.63) is 28.5 Å². The number of carboxylic acids is 1. The second kappa shape index (κ2) is 5.78. The molecule has 0 bridgehead atoms. The SMILES string of the molecule is O=C(Nc1ccc(F)c(Br)c1)NC1(C(=O)O)CCCC1. The number of anilines is 1. The number of urea groups is 1. The molecule has 1 saturated carbocycles. The molecule has 0 atom stereocenters. The van der Waals surface area contributed by atoms with Crippen LogP contribution in [0.4, 0.5) is 14.9 Å². The molecule has 7 heteroatoms. The summed E-state index contributed by atoms with van der Waals surface area (Å²) in [5.74, 6) is -1.46. The highest BCUT2D eigenvalue weighted by atomic mass is 79.9. The second-order valence-corrected chi connectivity index (χ2v) is 5.66. The Kier molecular flexibility index (Phi) is 4.27. The van der Waals surface area contributed by atoms with Crippen molar-refractivity contribution in [2.75, 3.05) is 5.32 Å². The first-order valence-corrected chi connectivity index (χ1v) is 7.00. The van der Waals surface area contributed by atoms with Crippen molar-refractivity contribution in [1.82, 2.24) is 5.32 Å². The topological polar surface area (TPSA) is 78.4 Å². The van der Waals surface area contributed by atoms with Gasteiger partial charge in [0.2, 0.25) is 0 Å². The number of rotatable bonds is 3. The average molecular weight is 345 g/mol. The van der Waals surface area contributed by atoms with E-state index in [0.717, 1.165) is 12.8 Å². The first-order chi connectivity index (χ1) is 9.43. The zero-order valence-corrected chi connectivity index (χ0v) is 12.2. The molecule has 20 heavy (non-hydrogen) atoms. The summed E-state index contributed by atoms with van der Waals surface area (Å²) in [6.45, 7) is 0. The molecule has 0 aromatic heterocycles. The molecule has 0 heterocycles. The lowest BCUT2D eigenvalue weighted by Gasteiger charge is -2.25. The molecule has 1 aliphatic carbocycles. The van der Waals surface area contributed by atoms with Gasteiger partial charge in [0.1, 0.15) is 11.4 Å². The Morgan fingerprint density at radius 2 is 1.95 bits per heavy atom. The van der Waals surface area contributed by atoms with Gasteiger partial charge in [-0.05, 0) is 47.0 Å². The van der Waals surface area contributed by atoms with Gasteiger partial charge in [-0.15, -0.1) is 0 Å². The lowest BCUT2D eigenvalue weighted by molar-refractivity contribution is -0.144. The van der Waals surface area contributed by atoms with Crippen molar-refractivity contribution in [3.63, 3.8) is 0 Å². The van der Waals surface area contributed by atoms with Crippen LogP contribution in [0, 0.1) is 5.82 Å². The molecule has 0 aliphatic heterocycles. The van der Waals surface area contributed by atoms with Crippen LogP contribution in [0.3, 0.4) is 0 Å². The van der Waals surface area contributed by atoms with Crippen LogP contribution in [-0.2, 0) is 4.79 Å². The number of nitrogens with one attached hydrogen (secondary N) is 2. The quantitative estimate of drug-likeness (QED) is 0.788. The van der Waals surface area contributed by atoms with Gasteiger partial charge in [0.05, 0.1) is 4.47 Å². The van der Waals surface area contributed by atoms with Crippen LogP contribution in [0.5, 0.6) is 0 Å². The van der Waals surface area contributed by atoms with Crippen LogP contribution in [-0.4, -0.2) is 22.6 Å². The Morgan fingerprint density at radius 3 is 2.50 bits per heavy atom. The number of carbonyl (C=O) groups excluding carboxylic acids is 1. The summed E-state index contributed by atoms with van der Waals surface area (Å²) in [6.07, 6.45) is 2.38.